The molecule has 12 heteroatoms. The van der Waals surface area contributed by atoms with Crippen LogP contribution in [0.4, 0.5) is 13.2 Å². The average molecular weight is 551 g/mol. The lowest BCUT2D eigenvalue weighted by atomic mass is 10.1. The molecular weight excluding hydrogens is 517 g/mol. The number of likely N-dealkylation sites (N-methyl/N-ethyl adjacent to an activating group) is 2. The number of rotatable bonds is 9. The van der Waals surface area contributed by atoms with Crippen molar-refractivity contribution in [3.8, 4) is 0 Å². The molecule has 2 heterocycles. The first kappa shape index (κ1) is 31.2. The zero-order valence-electron chi connectivity index (χ0n) is 22.5. The van der Waals surface area contributed by atoms with E-state index in [1.165, 1.54) is 0 Å². The van der Waals surface area contributed by atoms with E-state index in [0.29, 0.717) is 25.4 Å². The Morgan fingerprint density at radius 1 is 1.08 bits per heavy atom. The van der Waals surface area contributed by atoms with Gasteiger partial charge in [0.25, 0.3) is 5.91 Å². The van der Waals surface area contributed by atoms with Gasteiger partial charge in [-0.15, -0.1) is 0 Å². The van der Waals surface area contributed by atoms with Crippen molar-refractivity contribution >= 4 is 17.8 Å². The minimum absolute atomic E-state index is 0.00822. The molecule has 0 saturated heterocycles. The molecule has 2 N–H and O–H groups in total. The zero-order chi connectivity index (χ0) is 29.3. The van der Waals surface area contributed by atoms with Crippen molar-refractivity contribution < 1.29 is 37.1 Å². The van der Waals surface area contributed by atoms with E-state index in [2.05, 4.69) is 5.32 Å². The lowest BCUT2D eigenvalue weighted by Gasteiger charge is -2.27. The highest BCUT2D eigenvalue weighted by molar-refractivity contribution is 5.91. The Hall–Kier alpha value is -4.06. The SMILES string of the molecule is CCNC(=O)C(c1ccn(C)c1)N(C)Cc1ccc(CN(C)C(=O)c2cc(C)co2)cc1.O=C(O)C(F)(F)F. The van der Waals surface area contributed by atoms with Crippen LogP contribution in [0.15, 0.2) is 59.5 Å². The number of carboxylic acids is 1. The van der Waals surface area contributed by atoms with Crippen LogP contribution in [-0.4, -0.2) is 64.1 Å². The third-order valence-corrected chi connectivity index (χ3v) is 5.62. The maximum atomic E-state index is 12.7. The number of hydrogen-bond donors (Lipinski definition) is 2. The molecule has 9 nitrogen and oxygen atoms in total. The van der Waals surface area contributed by atoms with Crippen LogP contribution in [0.1, 0.15) is 45.8 Å². The maximum absolute atomic E-state index is 12.7. The molecule has 39 heavy (non-hydrogen) atoms. The Morgan fingerprint density at radius 2 is 1.64 bits per heavy atom. The number of furan rings is 1. The smallest absolute Gasteiger partial charge is 0.475 e. The van der Waals surface area contributed by atoms with Crippen LogP contribution in [0.25, 0.3) is 0 Å². The van der Waals surface area contributed by atoms with Gasteiger partial charge in [-0.3, -0.25) is 14.5 Å². The number of alkyl halides is 3. The second kappa shape index (κ2) is 13.7. The Morgan fingerprint density at radius 3 is 2.08 bits per heavy atom. The summed E-state index contributed by atoms with van der Waals surface area (Å²) in [5, 5.41) is 10.1. The first-order valence-electron chi connectivity index (χ1n) is 12.0. The summed E-state index contributed by atoms with van der Waals surface area (Å²) in [7, 11) is 5.67. The van der Waals surface area contributed by atoms with E-state index >= 15 is 0 Å². The molecule has 1 unspecified atom stereocenters. The van der Waals surface area contributed by atoms with Crippen molar-refractivity contribution in [3.63, 3.8) is 0 Å². The number of aromatic nitrogens is 1. The lowest BCUT2D eigenvalue weighted by Crippen LogP contribution is -2.38. The molecule has 0 radical (unpaired) electrons. The van der Waals surface area contributed by atoms with E-state index in [4.69, 9.17) is 14.3 Å². The summed E-state index contributed by atoms with van der Waals surface area (Å²) in [6, 6.07) is 11.5. The molecule has 0 saturated carbocycles. The number of nitrogens with one attached hydrogen (secondary N) is 1. The van der Waals surface area contributed by atoms with Crippen molar-refractivity contribution in [2.75, 3.05) is 20.6 Å². The van der Waals surface area contributed by atoms with Crippen LogP contribution < -0.4 is 5.32 Å². The summed E-state index contributed by atoms with van der Waals surface area (Å²) < 4.78 is 39.0. The summed E-state index contributed by atoms with van der Waals surface area (Å²) in [5.41, 5.74) is 4.01. The Bertz CT molecular complexity index is 1250. The van der Waals surface area contributed by atoms with Gasteiger partial charge >= 0.3 is 12.1 Å². The molecular formula is C27H33F3N4O5. The molecule has 212 valence electrons. The Kier molecular flexibility index (Phi) is 10.9. The van der Waals surface area contributed by atoms with Crippen LogP contribution >= 0.6 is 0 Å². The summed E-state index contributed by atoms with van der Waals surface area (Å²) in [6.45, 7) is 5.52. The third-order valence-electron chi connectivity index (χ3n) is 5.62. The normalized spacial score (nSPS) is 11.9. The average Bonchev–Trinajstić information content (AvgIpc) is 3.48. The van der Waals surface area contributed by atoms with Gasteiger partial charge < -0.3 is 24.3 Å². The second-order valence-corrected chi connectivity index (χ2v) is 9.09. The number of carbonyl (C=O) groups is 3. The molecule has 1 aromatic carbocycles. The fraction of sp³-hybridized carbons (Fsp3) is 0.370. The van der Waals surface area contributed by atoms with E-state index in [-0.39, 0.29) is 17.9 Å². The summed E-state index contributed by atoms with van der Waals surface area (Å²) in [5.74, 6) is -2.56. The molecule has 2 aromatic heterocycles. The largest absolute Gasteiger partial charge is 0.490 e. The first-order chi connectivity index (χ1) is 18.2. The number of halogens is 3. The number of nitrogens with zero attached hydrogens (tertiary/aromatic N) is 3. The number of aliphatic carboxylic acids is 1. The quantitative estimate of drug-likeness (QED) is 0.415. The predicted octanol–water partition coefficient (Wildman–Crippen LogP) is 4.14. The maximum Gasteiger partial charge on any atom is 0.490 e. The van der Waals surface area contributed by atoms with Crippen LogP contribution in [0.5, 0.6) is 0 Å². The van der Waals surface area contributed by atoms with Gasteiger partial charge in [-0.05, 0) is 55.3 Å². The van der Waals surface area contributed by atoms with Gasteiger partial charge in [0.15, 0.2) is 5.76 Å². The summed E-state index contributed by atoms with van der Waals surface area (Å²) in [4.78, 5) is 37.8. The van der Waals surface area contributed by atoms with Gasteiger partial charge in [0.2, 0.25) is 5.91 Å². The molecule has 2 amide bonds. The molecule has 0 bridgehead atoms. The number of aryl methyl sites for hydroxylation is 2. The Balaban J connectivity index is 0.000000673. The lowest BCUT2D eigenvalue weighted by molar-refractivity contribution is -0.192. The molecule has 0 aliphatic carbocycles. The second-order valence-electron chi connectivity index (χ2n) is 9.09. The highest BCUT2D eigenvalue weighted by atomic mass is 19.4. The van der Waals surface area contributed by atoms with E-state index < -0.39 is 12.1 Å². The van der Waals surface area contributed by atoms with Crippen LogP contribution in [0.3, 0.4) is 0 Å². The van der Waals surface area contributed by atoms with E-state index in [1.807, 2.05) is 80.1 Å². The van der Waals surface area contributed by atoms with Crippen molar-refractivity contribution in [1.82, 2.24) is 19.7 Å². The fourth-order valence-electron chi connectivity index (χ4n) is 3.77. The fourth-order valence-corrected chi connectivity index (χ4v) is 3.77. The van der Waals surface area contributed by atoms with Gasteiger partial charge in [0.1, 0.15) is 6.04 Å². The minimum atomic E-state index is -5.08. The van der Waals surface area contributed by atoms with Crippen molar-refractivity contribution in [2.24, 2.45) is 7.05 Å². The number of carboxylic acid groups (broad SMARTS) is 1. The number of hydrogen-bond acceptors (Lipinski definition) is 5. The molecule has 0 aliphatic heterocycles. The van der Waals surface area contributed by atoms with Gasteiger partial charge in [0, 0.05) is 46.1 Å². The van der Waals surface area contributed by atoms with Gasteiger partial charge in [-0.2, -0.15) is 13.2 Å². The van der Waals surface area contributed by atoms with E-state index in [1.54, 1.807) is 24.3 Å². The van der Waals surface area contributed by atoms with Crippen molar-refractivity contribution in [2.45, 2.75) is 39.2 Å². The topological polar surface area (TPSA) is 108 Å². The highest BCUT2D eigenvalue weighted by Gasteiger charge is 2.38. The van der Waals surface area contributed by atoms with E-state index in [0.717, 1.165) is 22.3 Å². The molecule has 3 aromatic rings. The van der Waals surface area contributed by atoms with Crippen LogP contribution in [-0.2, 0) is 29.7 Å². The van der Waals surface area contributed by atoms with Crippen LogP contribution in [0, 0.1) is 6.92 Å². The summed E-state index contributed by atoms with van der Waals surface area (Å²) >= 11 is 0. The van der Waals surface area contributed by atoms with Crippen molar-refractivity contribution in [3.05, 3.63) is 83.1 Å². The number of carbonyl (C=O) groups excluding carboxylic acids is 2. The Labute approximate surface area is 224 Å². The standard InChI is InChI=1S/C25H32N4O3.C2HF3O2/c1-6-26-24(30)23(21-11-12-27(3)16-21)28(4)14-19-7-9-20(10-8-19)15-29(5)25(31)22-13-18(2)17-32-22;3-2(4,5)1(6)7/h7-13,16-17,23H,6,14-15H2,1-5H3,(H,26,30);(H,6,7). The zero-order valence-corrected chi connectivity index (χ0v) is 22.5. The molecule has 0 fully saturated rings. The first-order valence-corrected chi connectivity index (χ1v) is 12.0. The van der Waals surface area contributed by atoms with Crippen molar-refractivity contribution in [1.29, 1.82) is 0 Å². The monoisotopic (exact) mass is 550 g/mol. The molecule has 1 atom stereocenters. The van der Waals surface area contributed by atoms with Gasteiger partial charge in [0.05, 0.1) is 6.26 Å². The number of amides is 2. The molecule has 0 aliphatic rings. The highest BCUT2D eigenvalue weighted by Crippen LogP contribution is 2.22. The number of benzene rings is 1. The van der Waals surface area contributed by atoms with E-state index in [9.17, 15) is 22.8 Å². The molecule has 3 rings (SSSR count). The predicted molar refractivity (Wildman–Crippen MR) is 138 cm³/mol. The third kappa shape index (κ3) is 9.32. The minimum Gasteiger partial charge on any atom is -0.475 e. The van der Waals surface area contributed by atoms with Crippen LogP contribution in [0.2, 0.25) is 0 Å². The summed E-state index contributed by atoms with van der Waals surface area (Å²) in [6.07, 6.45) is 0.425. The van der Waals surface area contributed by atoms with Gasteiger partial charge in [-0.1, -0.05) is 24.3 Å². The van der Waals surface area contributed by atoms with Gasteiger partial charge in [-0.25, -0.2) is 4.79 Å². The molecule has 0 spiro atoms.